The van der Waals surface area contributed by atoms with Crippen molar-refractivity contribution >= 4 is 0 Å². The van der Waals surface area contributed by atoms with Gasteiger partial charge in [-0.25, -0.2) is 0 Å². The third-order valence-corrected chi connectivity index (χ3v) is 2.43. The number of nitrogens with zero attached hydrogens (tertiary/aromatic N) is 2. The molecular weight excluding hydrogens is 217 g/mol. The Morgan fingerprint density at radius 1 is 1.19 bits per heavy atom. The van der Waals surface area contributed by atoms with Crippen molar-refractivity contribution in [3.63, 3.8) is 0 Å². The van der Waals surface area contributed by atoms with Crippen LogP contribution in [0.1, 0.15) is 11.1 Å². The molecular formula is C11H9F3N2. The number of hydrogen-bond donors (Lipinski definition) is 0. The van der Waals surface area contributed by atoms with E-state index in [1.54, 1.807) is 18.2 Å². The first-order chi connectivity index (χ1) is 7.49. The molecule has 0 aromatic heterocycles. The van der Waals surface area contributed by atoms with Crippen molar-refractivity contribution in [1.82, 2.24) is 0 Å². The highest BCUT2D eigenvalue weighted by atomic mass is 19.4. The SMILES string of the molecule is C=CCc1ccc(C2(C(F)(F)F)N=N2)cc1. The van der Waals surface area contributed by atoms with Gasteiger partial charge in [0.15, 0.2) is 0 Å². The maximum absolute atomic E-state index is 12.6. The molecule has 0 aliphatic carbocycles. The van der Waals surface area contributed by atoms with Crippen LogP contribution >= 0.6 is 0 Å². The normalized spacial score (nSPS) is 17.2. The zero-order valence-corrected chi connectivity index (χ0v) is 8.33. The van der Waals surface area contributed by atoms with E-state index < -0.39 is 11.8 Å². The second-order valence-electron chi connectivity index (χ2n) is 3.56. The molecule has 16 heavy (non-hydrogen) atoms. The van der Waals surface area contributed by atoms with Crippen LogP contribution in [0.5, 0.6) is 0 Å². The minimum absolute atomic E-state index is 0.0628. The summed E-state index contributed by atoms with van der Waals surface area (Å²) in [7, 11) is 0. The van der Waals surface area contributed by atoms with Crippen LogP contribution < -0.4 is 0 Å². The monoisotopic (exact) mass is 226 g/mol. The lowest BCUT2D eigenvalue weighted by atomic mass is 10.0. The summed E-state index contributed by atoms with van der Waals surface area (Å²) in [6.07, 6.45) is -2.12. The van der Waals surface area contributed by atoms with Crippen LogP contribution in [0.25, 0.3) is 0 Å². The molecule has 1 aliphatic heterocycles. The van der Waals surface area contributed by atoms with Crippen LogP contribution in [0.4, 0.5) is 13.2 Å². The average Bonchev–Trinajstić information content (AvgIpc) is 2.99. The number of benzene rings is 1. The van der Waals surface area contributed by atoms with Crippen molar-refractivity contribution in [1.29, 1.82) is 0 Å². The standard InChI is InChI=1S/C11H9F3N2/c1-2-3-8-4-6-9(7-5-8)10(15-16-10)11(12,13)14/h2,4-7H,1,3H2. The van der Waals surface area contributed by atoms with Gasteiger partial charge in [-0.1, -0.05) is 30.3 Å². The highest BCUT2D eigenvalue weighted by molar-refractivity contribution is 5.33. The van der Waals surface area contributed by atoms with Crippen LogP contribution in [-0.2, 0) is 12.1 Å². The van der Waals surface area contributed by atoms with E-state index in [4.69, 9.17) is 0 Å². The smallest absolute Gasteiger partial charge is 0.166 e. The molecule has 0 saturated heterocycles. The first-order valence-corrected chi connectivity index (χ1v) is 4.71. The Morgan fingerprint density at radius 2 is 1.75 bits per heavy atom. The molecule has 2 nitrogen and oxygen atoms in total. The molecule has 0 fully saturated rings. The zero-order chi connectivity index (χ0) is 11.8. The fourth-order valence-corrected chi connectivity index (χ4v) is 1.48. The molecule has 0 spiro atoms. The summed E-state index contributed by atoms with van der Waals surface area (Å²) < 4.78 is 37.9. The maximum atomic E-state index is 12.6. The molecule has 1 aliphatic rings. The van der Waals surface area contributed by atoms with Gasteiger partial charge >= 0.3 is 11.8 Å². The van der Waals surface area contributed by atoms with E-state index in [1.807, 2.05) is 0 Å². The van der Waals surface area contributed by atoms with Gasteiger partial charge in [0, 0.05) is 5.56 Å². The fraction of sp³-hybridized carbons (Fsp3) is 0.273. The number of halogens is 3. The lowest BCUT2D eigenvalue weighted by Crippen LogP contribution is -2.30. The summed E-state index contributed by atoms with van der Waals surface area (Å²) >= 11 is 0. The molecule has 5 heteroatoms. The Morgan fingerprint density at radius 3 is 2.12 bits per heavy atom. The second-order valence-corrected chi connectivity index (χ2v) is 3.56. The van der Waals surface area contributed by atoms with Gasteiger partial charge in [0.05, 0.1) is 0 Å². The molecule has 2 rings (SSSR count). The van der Waals surface area contributed by atoms with Gasteiger partial charge < -0.3 is 0 Å². The summed E-state index contributed by atoms with van der Waals surface area (Å²) in [5.41, 5.74) is -1.33. The lowest BCUT2D eigenvalue weighted by molar-refractivity contribution is -0.166. The minimum Gasteiger partial charge on any atom is -0.166 e. The van der Waals surface area contributed by atoms with E-state index in [9.17, 15) is 13.2 Å². The van der Waals surface area contributed by atoms with Gasteiger partial charge in [-0.3, -0.25) is 0 Å². The second kappa shape index (κ2) is 3.43. The molecule has 0 N–H and O–H groups in total. The summed E-state index contributed by atoms with van der Waals surface area (Å²) in [4.78, 5) is 0. The van der Waals surface area contributed by atoms with Crippen molar-refractivity contribution in [3.8, 4) is 0 Å². The summed E-state index contributed by atoms with van der Waals surface area (Å²) in [6, 6.07) is 6.08. The first kappa shape index (κ1) is 10.9. The van der Waals surface area contributed by atoms with Crippen LogP contribution in [0, 0.1) is 0 Å². The molecule has 0 atom stereocenters. The molecule has 1 aromatic carbocycles. The Balaban J connectivity index is 2.26. The predicted octanol–water partition coefficient (Wildman–Crippen LogP) is 3.60. The number of allylic oxidation sites excluding steroid dienone is 1. The topological polar surface area (TPSA) is 24.7 Å². The Labute approximate surface area is 90.5 Å². The van der Waals surface area contributed by atoms with E-state index in [0.717, 1.165) is 5.56 Å². The van der Waals surface area contributed by atoms with E-state index in [-0.39, 0.29) is 5.56 Å². The van der Waals surface area contributed by atoms with Crippen LogP contribution in [0.3, 0.4) is 0 Å². The van der Waals surface area contributed by atoms with Gasteiger partial charge in [0.2, 0.25) is 0 Å². The van der Waals surface area contributed by atoms with Gasteiger partial charge in [-0.2, -0.15) is 13.2 Å². The average molecular weight is 226 g/mol. The predicted molar refractivity (Wildman–Crippen MR) is 52.9 cm³/mol. The van der Waals surface area contributed by atoms with E-state index >= 15 is 0 Å². The summed E-state index contributed by atoms with van der Waals surface area (Å²) in [6.45, 7) is 3.56. The van der Waals surface area contributed by atoms with Crippen molar-refractivity contribution in [2.45, 2.75) is 18.3 Å². The summed E-state index contributed by atoms with van der Waals surface area (Å²) in [5.74, 6) is 0. The highest BCUT2D eigenvalue weighted by Gasteiger charge is 2.65. The molecule has 0 unspecified atom stereocenters. The first-order valence-electron chi connectivity index (χ1n) is 4.71. The van der Waals surface area contributed by atoms with Crippen LogP contribution in [0.2, 0.25) is 0 Å². The number of hydrogen-bond acceptors (Lipinski definition) is 2. The molecule has 84 valence electrons. The zero-order valence-electron chi connectivity index (χ0n) is 8.33. The Kier molecular flexibility index (Phi) is 2.33. The summed E-state index contributed by atoms with van der Waals surface area (Å²) in [5, 5.41) is 6.26. The molecule has 0 amide bonds. The maximum Gasteiger partial charge on any atom is 0.442 e. The molecule has 0 saturated carbocycles. The number of alkyl halides is 3. The third-order valence-electron chi connectivity index (χ3n) is 2.43. The third kappa shape index (κ3) is 1.62. The van der Waals surface area contributed by atoms with Crippen LogP contribution in [-0.4, -0.2) is 6.18 Å². The van der Waals surface area contributed by atoms with E-state index in [1.165, 1.54) is 12.1 Å². The van der Waals surface area contributed by atoms with Crippen molar-refractivity contribution in [2.75, 3.05) is 0 Å². The lowest BCUT2D eigenvalue weighted by Gasteiger charge is -2.14. The van der Waals surface area contributed by atoms with Gasteiger partial charge in [0.25, 0.3) is 0 Å². The quantitative estimate of drug-likeness (QED) is 0.703. The highest BCUT2D eigenvalue weighted by Crippen LogP contribution is 2.52. The molecule has 1 heterocycles. The minimum atomic E-state index is -4.45. The van der Waals surface area contributed by atoms with Gasteiger partial charge in [-0.05, 0) is 12.0 Å². The van der Waals surface area contributed by atoms with Crippen molar-refractivity contribution in [3.05, 3.63) is 48.0 Å². The van der Waals surface area contributed by atoms with Gasteiger partial charge in [0.1, 0.15) is 0 Å². The van der Waals surface area contributed by atoms with Crippen molar-refractivity contribution < 1.29 is 13.2 Å². The molecule has 0 radical (unpaired) electrons. The van der Waals surface area contributed by atoms with Gasteiger partial charge in [-0.15, -0.1) is 16.8 Å². The van der Waals surface area contributed by atoms with E-state index in [0.29, 0.717) is 6.42 Å². The Bertz CT molecular complexity index is 426. The van der Waals surface area contributed by atoms with E-state index in [2.05, 4.69) is 16.8 Å². The Hall–Kier alpha value is -1.65. The fourth-order valence-electron chi connectivity index (χ4n) is 1.48. The number of rotatable bonds is 3. The molecule has 1 aromatic rings. The molecule has 0 bridgehead atoms. The van der Waals surface area contributed by atoms with Crippen molar-refractivity contribution in [2.24, 2.45) is 10.2 Å². The van der Waals surface area contributed by atoms with Crippen LogP contribution in [0.15, 0.2) is 47.1 Å². The largest absolute Gasteiger partial charge is 0.442 e.